The van der Waals surface area contributed by atoms with Crippen molar-refractivity contribution in [3.63, 3.8) is 0 Å². The number of pyridine rings is 2. The zero-order valence-electron chi connectivity index (χ0n) is 25.9. The summed E-state index contributed by atoms with van der Waals surface area (Å²) < 4.78 is 46.9. The number of carboxylic acids is 2. The number of hydrogen-bond acceptors (Lipinski definition) is 8. The molecule has 2 N–H and O–H groups in total. The molecule has 0 radical (unpaired) electrons. The van der Waals surface area contributed by atoms with Crippen LogP contribution < -0.4 is 30.1 Å². The van der Waals surface area contributed by atoms with E-state index in [1.807, 2.05) is 6.92 Å². The van der Waals surface area contributed by atoms with Crippen molar-refractivity contribution in [1.82, 2.24) is 9.13 Å². The lowest BCUT2D eigenvalue weighted by molar-refractivity contribution is 0.0684. The molecule has 12 nitrogen and oxygen atoms in total. The first-order valence-corrected chi connectivity index (χ1v) is 15.4. The number of fused-ring (bicyclic) bond motifs is 2. The van der Waals surface area contributed by atoms with Gasteiger partial charge in [0.2, 0.25) is 10.9 Å². The number of benzene rings is 2. The number of methoxy groups -OCH3 is 2. The molecular weight excluding hydrogens is 618 g/mol. The first kappa shape index (κ1) is 30.5. The molecule has 1 aliphatic heterocycles. The maximum Gasteiger partial charge on any atom is 0.341 e. The first-order chi connectivity index (χ1) is 22.5. The number of aromatic nitrogens is 2. The predicted molar refractivity (Wildman–Crippen MR) is 169 cm³/mol. The van der Waals surface area contributed by atoms with Crippen LogP contribution in [0.3, 0.4) is 0 Å². The van der Waals surface area contributed by atoms with E-state index in [-0.39, 0.29) is 65.4 Å². The van der Waals surface area contributed by atoms with Crippen molar-refractivity contribution < 1.29 is 38.1 Å². The lowest BCUT2D eigenvalue weighted by Crippen LogP contribution is -2.53. The summed E-state index contributed by atoms with van der Waals surface area (Å²) in [4.78, 5) is 53.4. The number of rotatable bonds is 8. The van der Waals surface area contributed by atoms with Crippen molar-refractivity contribution in [3.05, 3.63) is 67.7 Å². The molecule has 4 aromatic rings. The van der Waals surface area contributed by atoms with Gasteiger partial charge in [-0.1, -0.05) is 0 Å². The molecule has 0 amide bonds. The van der Waals surface area contributed by atoms with Crippen molar-refractivity contribution in [2.75, 3.05) is 43.7 Å². The van der Waals surface area contributed by atoms with Gasteiger partial charge in [-0.3, -0.25) is 9.59 Å². The van der Waals surface area contributed by atoms with Crippen LogP contribution in [0.1, 0.15) is 65.4 Å². The smallest absolute Gasteiger partial charge is 0.341 e. The first-order valence-electron chi connectivity index (χ1n) is 15.4. The molecule has 0 bridgehead atoms. The van der Waals surface area contributed by atoms with E-state index in [0.29, 0.717) is 11.0 Å². The zero-order valence-corrected chi connectivity index (χ0v) is 25.9. The van der Waals surface area contributed by atoms with E-state index in [0.717, 1.165) is 37.8 Å². The van der Waals surface area contributed by atoms with Crippen LogP contribution >= 0.6 is 0 Å². The van der Waals surface area contributed by atoms with E-state index < -0.39 is 51.6 Å². The van der Waals surface area contributed by atoms with Crippen LogP contribution in [-0.4, -0.2) is 71.2 Å². The fourth-order valence-electron chi connectivity index (χ4n) is 6.91. The van der Waals surface area contributed by atoms with Crippen molar-refractivity contribution in [2.24, 2.45) is 0 Å². The van der Waals surface area contributed by atoms with Crippen LogP contribution in [0, 0.1) is 11.6 Å². The normalized spacial score (nSPS) is 18.2. The third-order valence-corrected chi connectivity index (χ3v) is 9.38. The van der Waals surface area contributed by atoms with Crippen LogP contribution in [0.15, 0.2) is 34.1 Å². The van der Waals surface area contributed by atoms with Crippen LogP contribution in [0.2, 0.25) is 0 Å². The number of carbonyl (C=O) groups is 2. The number of halogens is 2. The summed E-state index contributed by atoms with van der Waals surface area (Å²) in [7, 11) is 2.74. The highest BCUT2D eigenvalue weighted by atomic mass is 19.1. The highest BCUT2D eigenvalue weighted by molar-refractivity contribution is 5.98. The molecule has 3 heterocycles. The SMILES string of the molecule is COc1c(N2CCN(c3c(F)cc4c(=O)c(C(=O)O)cn(C5CC5)c4c3OC)C(C)C2)c(F)cc2c(=O)c(C(=O)O)cn(C3CC3)c12. The summed E-state index contributed by atoms with van der Waals surface area (Å²) in [5.41, 5.74) is -1.64. The summed E-state index contributed by atoms with van der Waals surface area (Å²) in [6, 6.07) is 1.59. The van der Waals surface area contributed by atoms with E-state index >= 15 is 8.78 Å². The number of aromatic carboxylic acids is 2. The number of carboxylic acid groups (broad SMARTS) is 2. The number of piperazine rings is 1. The maximum absolute atomic E-state index is 16.0. The van der Waals surface area contributed by atoms with Gasteiger partial charge in [0.25, 0.3) is 0 Å². The monoisotopic (exact) mass is 650 g/mol. The molecule has 2 saturated carbocycles. The molecular formula is C33H32F2N4O8. The van der Waals surface area contributed by atoms with E-state index in [1.54, 1.807) is 18.9 Å². The van der Waals surface area contributed by atoms with E-state index in [4.69, 9.17) is 9.47 Å². The van der Waals surface area contributed by atoms with Gasteiger partial charge in [0.05, 0.1) is 36.0 Å². The van der Waals surface area contributed by atoms with Crippen LogP contribution in [0.4, 0.5) is 20.2 Å². The molecule has 47 heavy (non-hydrogen) atoms. The number of nitrogens with zero attached hydrogens (tertiary/aromatic N) is 4. The molecule has 1 unspecified atom stereocenters. The van der Waals surface area contributed by atoms with Gasteiger partial charge >= 0.3 is 11.9 Å². The third kappa shape index (κ3) is 4.76. The Morgan fingerprint density at radius 2 is 1.21 bits per heavy atom. The molecule has 246 valence electrons. The Labute approximate surface area is 265 Å². The Morgan fingerprint density at radius 3 is 1.62 bits per heavy atom. The van der Waals surface area contributed by atoms with Gasteiger partial charge in [-0.05, 0) is 44.7 Å². The summed E-state index contributed by atoms with van der Waals surface area (Å²) in [5.74, 6) is -4.08. The molecule has 1 atom stereocenters. The van der Waals surface area contributed by atoms with Gasteiger partial charge in [0.15, 0.2) is 23.1 Å². The van der Waals surface area contributed by atoms with Crippen molar-refractivity contribution in [1.29, 1.82) is 0 Å². The number of hydrogen-bond donors (Lipinski definition) is 2. The molecule has 2 aromatic carbocycles. The largest absolute Gasteiger partial charge is 0.492 e. The second kappa shape index (κ2) is 11.0. The van der Waals surface area contributed by atoms with Gasteiger partial charge in [-0.15, -0.1) is 0 Å². The molecule has 0 spiro atoms. The zero-order chi connectivity index (χ0) is 33.5. The molecule has 2 aliphatic carbocycles. The number of anilines is 2. The Morgan fingerprint density at radius 1 is 0.766 bits per heavy atom. The topological polar surface area (TPSA) is 144 Å². The lowest BCUT2D eigenvalue weighted by atomic mass is 10.0. The standard InChI is InChI=1S/C33H32F2N4O8/c1-15-12-36(26-22(34)10-18-24(30(26)46-2)38(16-4-5-16)13-20(28(18)40)32(42)43)8-9-37(15)27-23(35)11-19-25(31(27)47-3)39(17-6-7-17)14-21(29(19)41)33(44)45/h10-11,13-17H,4-9,12H2,1-3H3,(H,42,43)(H,44,45). The summed E-state index contributed by atoms with van der Waals surface area (Å²) >= 11 is 0. The Balaban J connectivity index is 1.32. The summed E-state index contributed by atoms with van der Waals surface area (Å²) in [5, 5.41) is 19.1. The second-order valence-corrected chi connectivity index (χ2v) is 12.4. The summed E-state index contributed by atoms with van der Waals surface area (Å²) in [6.07, 6.45) is 5.68. The third-order valence-electron chi connectivity index (χ3n) is 9.38. The number of ether oxygens (including phenoxy) is 2. The molecule has 3 aliphatic rings. The lowest BCUT2D eigenvalue weighted by Gasteiger charge is -2.43. The average Bonchev–Trinajstić information content (AvgIpc) is 3.95. The minimum absolute atomic E-state index is 0.0536. The fraction of sp³-hybridized carbons (Fsp3) is 0.394. The average molecular weight is 651 g/mol. The summed E-state index contributed by atoms with van der Waals surface area (Å²) in [6.45, 7) is 2.45. The van der Waals surface area contributed by atoms with E-state index in [1.165, 1.54) is 26.6 Å². The van der Waals surface area contributed by atoms with Crippen LogP contribution in [0.25, 0.3) is 21.8 Å². The van der Waals surface area contributed by atoms with Crippen molar-refractivity contribution in [2.45, 2.75) is 50.7 Å². The predicted octanol–water partition coefficient (Wildman–Crippen LogP) is 4.39. The van der Waals surface area contributed by atoms with Gasteiger partial charge in [0.1, 0.15) is 22.5 Å². The molecule has 14 heteroatoms. The Bertz CT molecular complexity index is 2140. The molecule has 3 fully saturated rings. The van der Waals surface area contributed by atoms with Crippen LogP contribution in [0.5, 0.6) is 11.5 Å². The fourth-order valence-corrected chi connectivity index (χ4v) is 6.91. The van der Waals surface area contributed by atoms with E-state index in [2.05, 4.69) is 0 Å². The second-order valence-electron chi connectivity index (χ2n) is 12.4. The van der Waals surface area contributed by atoms with Gasteiger partial charge in [0, 0.05) is 50.2 Å². The van der Waals surface area contributed by atoms with Crippen molar-refractivity contribution in [3.8, 4) is 11.5 Å². The Hall–Kier alpha value is -5.14. The highest BCUT2D eigenvalue weighted by Crippen LogP contribution is 2.46. The minimum atomic E-state index is -1.40. The van der Waals surface area contributed by atoms with Gasteiger partial charge in [-0.25, -0.2) is 18.4 Å². The Kier molecular flexibility index (Phi) is 7.13. The van der Waals surface area contributed by atoms with E-state index in [9.17, 15) is 29.4 Å². The highest BCUT2D eigenvalue weighted by Gasteiger charge is 2.36. The van der Waals surface area contributed by atoms with Gasteiger partial charge in [-0.2, -0.15) is 0 Å². The minimum Gasteiger partial charge on any atom is -0.492 e. The van der Waals surface area contributed by atoms with Crippen LogP contribution in [-0.2, 0) is 0 Å². The van der Waals surface area contributed by atoms with Gasteiger partial charge < -0.3 is 38.6 Å². The van der Waals surface area contributed by atoms with Crippen molar-refractivity contribution >= 4 is 45.1 Å². The molecule has 1 saturated heterocycles. The maximum atomic E-state index is 16.0. The molecule has 7 rings (SSSR count). The molecule has 2 aromatic heterocycles. The quantitative estimate of drug-likeness (QED) is 0.282.